The van der Waals surface area contributed by atoms with E-state index >= 15 is 0 Å². The Morgan fingerprint density at radius 3 is 2.32 bits per heavy atom. The second kappa shape index (κ2) is 7.14. The standard InChI is InChI=1S/C21H26FNO2/c1-15-12-23(14-17-7-9-20(25-3)10-8-17)13-16(2)21(15,24)18-5-4-6-19(22)11-18/h4-11,15-16,24H,12-14H2,1-3H3. The molecule has 1 aliphatic heterocycles. The predicted molar refractivity (Wildman–Crippen MR) is 96.9 cm³/mol. The first-order chi connectivity index (χ1) is 11.9. The van der Waals surface area contributed by atoms with E-state index < -0.39 is 5.60 Å². The number of halogens is 1. The van der Waals surface area contributed by atoms with Crippen LogP contribution in [-0.2, 0) is 12.1 Å². The second-order valence-corrected chi connectivity index (χ2v) is 7.18. The molecule has 0 amide bonds. The van der Waals surface area contributed by atoms with Crippen molar-refractivity contribution in [1.82, 2.24) is 4.90 Å². The molecule has 0 bridgehead atoms. The third-order valence-corrected chi connectivity index (χ3v) is 5.42. The highest BCUT2D eigenvalue weighted by Crippen LogP contribution is 2.41. The average Bonchev–Trinajstić information content (AvgIpc) is 2.60. The molecule has 3 rings (SSSR count). The lowest BCUT2D eigenvalue weighted by molar-refractivity contribution is -0.114. The Morgan fingerprint density at radius 2 is 1.76 bits per heavy atom. The van der Waals surface area contributed by atoms with Crippen LogP contribution >= 0.6 is 0 Å². The Balaban J connectivity index is 1.75. The zero-order valence-electron chi connectivity index (χ0n) is 15.1. The van der Waals surface area contributed by atoms with Crippen molar-refractivity contribution < 1.29 is 14.2 Å². The molecular weight excluding hydrogens is 317 g/mol. The van der Waals surface area contributed by atoms with Crippen molar-refractivity contribution in [2.45, 2.75) is 26.0 Å². The molecule has 0 aromatic heterocycles. The zero-order chi connectivity index (χ0) is 18.0. The monoisotopic (exact) mass is 343 g/mol. The third-order valence-electron chi connectivity index (χ3n) is 5.42. The number of nitrogens with zero attached hydrogens (tertiary/aromatic N) is 1. The smallest absolute Gasteiger partial charge is 0.123 e. The van der Waals surface area contributed by atoms with E-state index in [4.69, 9.17) is 4.74 Å². The van der Waals surface area contributed by atoms with Crippen LogP contribution in [-0.4, -0.2) is 30.2 Å². The average molecular weight is 343 g/mol. The largest absolute Gasteiger partial charge is 0.497 e. The SMILES string of the molecule is COc1ccc(CN2CC(C)C(O)(c3cccc(F)c3)C(C)C2)cc1. The minimum absolute atomic E-state index is 0.0105. The topological polar surface area (TPSA) is 32.7 Å². The van der Waals surface area contributed by atoms with E-state index in [1.807, 2.05) is 32.0 Å². The molecule has 2 aromatic rings. The lowest BCUT2D eigenvalue weighted by atomic mass is 9.70. The molecule has 0 saturated carbocycles. The van der Waals surface area contributed by atoms with Gasteiger partial charge in [-0.05, 0) is 35.4 Å². The Bertz CT molecular complexity index is 704. The molecule has 4 heteroatoms. The minimum atomic E-state index is -1.00. The number of ether oxygens (including phenoxy) is 1. The van der Waals surface area contributed by atoms with E-state index in [0.29, 0.717) is 5.56 Å². The molecule has 1 heterocycles. The van der Waals surface area contributed by atoms with Crippen molar-refractivity contribution in [2.24, 2.45) is 11.8 Å². The van der Waals surface area contributed by atoms with Gasteiger partial charge in [0.2, 0.25) is 0 Å². The number of piperidine rings is 1. The van der Waals surface area contributed by atoms with Crippen LogP contribution in [0.3, 0.4) is 0 Å². The summed E-state index contributed by atoms with van der Waals surface area (Å²) < 4.78 is 18.8. The van der Waals surface area contributed by atoms with Gasteiger partial charge in [-0.3, -0.25) is 4.90 Å². The first-order valence-corrected chi connectivity index (χ1v) is 8.77. The quantitative estimate of drug-likeness (QED) is 0.916. The van der Waals surface area contributed by atoms with Crippen molar-refractivity contribution in [3.05, 3.63) is 65.5 Å². The van der Waals surface area contributed by atoms with Crippen molar-refractivity contribution in [3.8, 4) is 5.75 Å². The number of aliphatic hydroxyl groups is 1. The summed E-state index contributed by atoms with van der Waals surface area (Å²) in [7, 11) is 1.66. The van der Waals surface area contributed by atoms with Gasteiger partial charge in [0.05, 0.1) is 12.7 Å². The van der Waals surface area contributed by atoms with E-state index in [0.717, 1.165) is 25.4 Å². The van der Waals surface area contributed by atoms with E-state index in [2.05, 4.69) is 17.0 Å². The van der Waals surface area contributed by atoms with Crippen LogP contribution < -0.4 is 4.74 Å². The van der Waals surface area contributed by atoms with Gasteiger partial charge in [-0.2, -0.15) is 0 Å². The molecule has 2 unspecified atom stereocenters. The molecule has 134 valence electrons. The normalized spacial score (nSPS) is 27.2. The van der Waals surface area contributed by atoms with E-state index in [9.17, 15) is 9.50 Å². The fourth-order valence-corrected chi connectivity index (χ4v) is 4.04. The molecule has 25 heavy (non-hydrogen) atoms. The molecule has 0 spiro atoms. The highest BCUT2D eigenvalue weighted by atomic mass is 19.1. The summed E-state index contributed by atoms with van der Waals surface area (Å²) >= 11 is 0. The second-order valence-electron chi connectivity index (χ2n) is 7.18. The lowest BCUT2D eigenvalue weighted by Crippen LogP contribution is -2.54. The summed E-state index contributed by atoms with van der Waals surface area (Å²) in [5.41, 5.74) is 0.895. The van der Waals surface area contributed by atoms with Gasteiger partial charge in [0.25, 0.3) is 0 Å². The lowest BCUT2D eigenvalue weighted by Gasteiger charge is -2.48. The van der Waals surface area contributed by atoms with Gasteiger partial charge in [0.1, 0.15) is 11.6 Å². The summed E-state index contributed by atoms with van der Waals surface area (Å²) in [6.07, 6.45) is 0. The van der Waals surface area contributed by atoms with Crippen LogP contribution in [0.4, 0.5) is 4.39 Å². The maximum atomic E-state index is 13.6. The zero-order valence-corrected chi connectivity index (χ0v) is 15.1. The minimum Gasteiger partial charge on any atom is -0.497 e. The van der Waals surface area contributed by atoms with E-state index in [1.165, 1.54) is 17.7 Å². The van der Waals surface area contributed by atoms with Gasteiger partial charge in [-0.15, -0.1) is 0 Å². The van der Waals surface area contributed by atoms with Gasteiger partial charge in [-0.1, -0.05) is 38.1 Å². The van der Waals surface area contributed by atoms with E-state index in [-0.39, 0.29) is 17.7 Å². The Kier molecular flexibility index (Phi) is 5.11. The molecule has 3 nitrogen and oxygen atoms in total. The Labute approximate surface area is 149 Å². The maximum absolute atomic E-state index is 13.6. The van der Waals surface area contributed by atoms with Crippen molar-refractivity contribution in [3.63, 3.8) is 0 Å². The Hall–Kier alpha value is -1.91. The summed E-state index contributed by atoms with van der Waals surface area (Å²) in [4.78, 5) is 2.35. The first kappa shape index (κ1) is 17.9. The van der Waals surface area contributed by atoms with Gasteiger partial charge >= 0.3 is 0 Å². The van der Waals surface area contributed by atoms with Gasteiger partial charge in [-0.25, -0.2) is 4.39 Å². The van der Waals surface area contributed by atoms with Crippen LogP contribution in [0.1, 0.15) is 25.0 Å². The van der Waals surface area contributed by atoms with Crippen molar-refractivity contribution in [2.75, 3.05) is 20.2 Å². The van der Waals surface area contributed by atoms with Crippen LogP contribution in [0.25, 0.3) is 0 Å². The fourth-order valence-electron chi connectivity index (χ4n) is 4.04. The molecule has 1 aliphatic rings. The van der Waals surface area contributed by atoms with Crippen LogP contribution in [0.2, 0.25) is 0 Å². The fraction of sp³-hybridized carbons (Fsp3) is 0.429. The van der Waals surface area contributed by atoms with Crippen LogP contribution in [0.15, 0.2) is 48.5 Å². The molecule has 0 radical (unpaired) electrons. The van der Waals surface area contributed by atoms with Crippen LogP contribution in [0.5, 0.6) is 5.75 Å². The van der Waals surface area contributed by atoms with Crippen molar-refractivity contribution in [1.29, 1.82) is 0 Å². The molecular formula is C21H26FNO2. The summed E-state index contributed by atoms with van der Waals surface area (Å²) in [5, 5.41) is 11.3. The molecule has 2 atom stereocenters. The number of methoxy groups -OCH3 is 1. The molecule has 2 aromatic carbocycles. The van der Waals surface area contributed by atoms with Crippen LogP contribution in [0, 0.1) is 17.7 Å². The van der Waals surface area contributed by atoms with Gasteiger partial charge < -0.3 is 9.84 Å². The summed E-state index contributed by atoms with van der Waals surface area (Å²) in [6, 6.07) is 14.5. The number of hydrogen-bond acceptors (Lipinski definition) is 3. The molecule has 1 N–H and O–H groups in total. The number of rotatable bonds is 4. The summed E-state index contributed by atoms with van der Waals surface area (Å²) in [6.45, 7) is 6.45. The summed E-state index contributed by atoms with van der Waals surface area (Å²) in [5.74, 6) is 0.572. The number of hydrogen-bond donors (Lipinski definition) is 1. The highest BCUT2D eigenvalue weighted by Gasteiger charge is 2.45. The molecule has 1 fully saturated rings. The number of benzene rings is 2. The predicted octanol–water partition coefficient (Wildman–Crippen LogP) is 3.81. The highest BCUT2D eigenvalue weighted by molar-refractivity contribution is 5.28. The van der Waals surface area contributed by atoms with Gasteiger partial charge in [0.15, 0.2) is 0 Å². The number of likely N-dealkylation sites (tertiary alicyclic amines) is 1. The maximum Gasteiger partial charge on any atom is 0.123 e. The third kappa shape index (κ3) is 3.55. The Morgan fingerprint density at radius 1 is 1.12 bits per heavy atom. The van der Waals surface area contributed by atoms with E-state index in [1.54, 1.807) is 13.2 Å². The first-order valence-electron chi connectivity index (χ1n) is 8.77. The molecule has 0 aliphatic carbocycles. The van der Waals surface area contributed by atoms with Gasteiger partial charge in [0, 0.05) is 31.5 Å². The van der Waals surface area contributed by atoms with Crippen molar-refractivity contribution >= 4 is 0 Å². The molecule has 1 saturated heterocycles.